The fourth-order valence-corrected chi connectivity index (χ4v) is 2.49. The lowest BCUT2D eigenvalue weighted by atomic mass is 10.1. The van der Waals surface area contributed by atoms with Crippen LogP contribution in [0.25, 0.3) is 0 Å². The predicted octanol–water partition coefficient (Wildman–Crippen LogP) is 3.62. The van der Waals surface area contributed by atoms with E-state index in [1.54, 1.807) is 11.3 Å². The van der Waals surface area contributed by atoms with Gasteiger partial charge in [0.25, 0.3) is 0 Å². The molecular weight excluding hydrogens is 240 g/mol. The maximum absolute atomic E-state index is 6.10. The number of rotatable bonds is 4. The Labute approximate surface area is 104 Å². The second-order valence-electron chi connectivity index (χ2n) is 3.47. The van der Waals surface area contributed by atoms with E-state index < -0.39 is 0 Å². The lowest BCUT2D eigenvalue weighted by Gasteiger charge is -2.01. The number of aromatic nitrogens is 1. The number of nitrogens with one attached hydrogen (secondary N) is 1. The molecule has 0 bridgehead atoms. The van der Waals surface area contributed by atoms with Crippen LogP contribution in [0.2, 0.25) is 5.02 Å². The molecule has 1 aromatic carbocycles. The highest BCUT2D eigenvalue weighted by Crippen LogP contribution is 2.21. The van der Waals surface area contributed by atoms with Crippen molar-refractivity contribution in [2.45, 2.75) is 12.8 Å². The lowest BCUT2D eigenvalue weighted by Crippen LogP contribution is -1.89. The van der Waals surface area contributed by atoms with Crippen molar-refractivity contribution in [3.63, 3.8) is 0 Å². The van der Waals surface area contributed by atoms with Crippen molar-refractivity contribution >= 4 is 28.1 Å². The summed E-state index contributed by atoms with van der Waals surface area (Å²) < 4.78 is 0. The van der Waals surface area contributed by atoms with Gasteiger partial charge in [-0.05, 0) is 24.5 Å². The summed E-state index contributed by atoms with van der Waals surface area (Å²) in [6.45, 7) is 0. The second kappa shape index (κ2) is 5.32. The van der Waals surface area contributed by atoms with Gasteiger partial charge in [0.2, 0.25) is 0 Å². The number of hydrogen-bond donors (Lipinski definition) is 1. The summed E-state index contributed by atoms with van der Waals surface area (Å²) in [4.78, 5) is 5.53. The predicted molar refractivity (Wildman–Crippen MR) is 70.5 cm³/mol. The molecule has 0 saturated carbocycles. The van der Waals surface area contributed by atoms with Crippen LogP contribution in [-0.2, 0) is 12.8 Å². The van der Waals surface area contributed by atoms with Gasteiger partial charge >= 0.3 is 0 Å². The summed E-state index contributed by atoms with van der Waals surface area (Å²) in [5, 5.41) is 4.85. The minimum atomic E-state index is 0.848. The Morgan fingerprint density at radius 1 is 1.31 bits per heavy atom. The minimum absolute atomic E-state index is 0.848. The molecule has 16 heavy (non-hydrogen) atoms. The largest absolute Gasteiger partial charge is 0.365 e. The van der Waals surface area contributed by atoms with Crippen LogP contribution in [0.4, 0.5) is 5.13 Å². The SMILES string of the molecule is CNc1ncc(CCc2ccccc2Cl)s1. The van der Waals surface area contributed by atoms with Crippen LogP contribution in [0.5, 0.6) is 0 Å². The maximum Gasteiger partial charge on any atom is 0.182 e. The van der Waals surface area contributed by atoms with Gasteiger partial charge in [-0.25, -0.2) is 4.98 Å². The molecule has 0 fully saturated rings. The molecule has 1 heterocycles. The molecule has 0 unspecified atom stereocenters. The van der Waals surface area contributed by atoms with Crippen LogP contribution < -0.4 is 5.32 Å². The fraction of sp³-hybridized carbons (Fsp3) is 0.250. The summed E-state index contributed by atoms with van der Waals surface area (Å²) in [5.74, 6) is 0. The van der Waals surface area contributed by atoms with Crippen molar-refractivity contribution in [1.29, 1.82) is 0 Å². The molecule has 0 aliphatic carbocycles. The van der Waals surface area contributed by atoms with Gasteiger partial charge in [0, 0.05) is 23.1 Å². The second-order valence-corrected chi connectivity index (χ2v) is 5.00. The molecule has 1 aromatic heterocycles. The molecule has 2 aromatic rings. The van der Waals surface area contributed by atoms with Crippen molar-refractivity contribution < 1.29 is 0 Å². The van der Waals surface area contributed by atoms with Crippen LogP contribution in [0.3, 0.4) is 0 Å². The van der Waals surface area contributed by atoms with E-state index in [9.17, 15) is 0 Å². The van der Waals surface area contributed by atoms with E-state index in [-0.39, 0.29) is 0 Å². The highest BCUT2D eigenvalue weighted by Gasteiger charge is 2.03. The first-order valence-electron chi connectivity index (χ1n) is 5.15. The minimum Gasteiger partial charge on any atom is -0.365 e. The topological polar surface area (TPSA) is 24.9 Å². The third kappa shape index (κ3) is 2.74. The molecule has 0 spiro atoms. The van der Waals surface area contributed by atoms with Crippen molar-refractivity contribution in [2.75, 3.05) is 12.4 Å². The summed E-state index contributed by atoms with van der Waals surface area (Å²) in [7, 11) is 1.89. The Balaban J connectivity index is 1.99. The van der Waals surface area contributed by atoms with Crippen LogP contribution in [0.15, 0.2) is 30.5 Å². The fourth-order valence-electron chi connectivity index (χ4n) is 1.50. The van der Waals surface area contributed by atoms with E-state index >= 15 is 0 Å². The third-order valence-electron chi connectivity index (χ3n) is 2.37. The molecule has 1 N–H and O–H groups in total. The molecule has 2 rings (SSSR count). The number of nitrogens with zero attached hydrogens (tertiary/aromatic N) is 1. The van der Waals surface area contributed by atoms with Crippen molar-refractivity contribution in [2.24, 2.45) is 0 Å². The van der Waals surface area contributed by atoms with Gasteiger partial charge in [-0.1, -0.05) is 29.8 Å². The average molecular weight is 253 g/mol. The van der Waals surface area contributed by atoms with Crippen molar-refractivity contribution in [1.82, 2.24) is 4.98 Å². The van der Waals surface area contributed by atoms with Gasteiger partial charge in [-0.3, -0.25) is 0 Å². The smallest absolute Gasteiger partial charge is 0.182 e. The van der Waals surface area contributed by atoms with E-state index in [0.717, 1.165) is 23.0 Å². The van der Waals surface area contributed by atoms with E-state index in [1.807, 2.05) is 31.4 Å². The van der Waals surface area contributed by atoms with Gasteiger partial charge in [-0.2, -0.15) is 0 Å². The number of thiazole rings is 1. The number of hydrogen-bond acceptors (Lipinski definition) is 3. The number of aryl methyl sites for hydroxylation is 2. The first kappa shape index (κ1) is 11.4. The molecule has 84 valence electrons. The number of halogens is 1. The van der Waals surface area contributed by atoms with E-state index in [1.165, 1.54) is 10.4 Å². The zero-order valence-electron chi connectivity index (χ0n) is 9.03. The molecule has 0 radical (unpaired) electrons. The summed E-state index contributed by atoms with van der Waals surface area (Å²) in [6, 6.07) is 7.98. The summed E-state index contributed by atoms with van der Waals surface area (Å²) >= 11 is 7.79. The molecule has 0 aliphatic heterocycles. The van der Waals surface area contributed by atoms with Crippen molar-refractivity contribution in [3.8, 4) is 0 Å². The van der Waals surface area contributed by atoms with Crippen molar-refractivity contribution in [3.05, 3.63) is 45.9 Å². The first-order chi connectivity index (χ1) is 7.79. The Hall–Kier alpha value is -1.06. The van der Waals surface area contributed by atoms with Gasteiger partial charge < -0.3 is 5.32 Å². The summed E-state index contributed by atoms with van der Waals surface area (Å²) in [6.07, 6.45) is 3.88. The highest BCUT2D eigenvalue weighted by atomic mass is 35.5. The van der Waals surface area contributed by atoms with Crippen LogP contribution in [0, 0.1) is 0 Å². The molecule has 0 aliphatic rings. The zero-order chi connectivity index (χ0) is 11.4. The summed E-state index contributed by atoms with van der Waals surface area (Å²) in [5.41, 5.74) is 1.20. The van der Waals surface area contributed by atoms with Gasteiger partial charge in [0.1, 0.15) is 0 Å². The molecule has 0 atom stereocenters. The van der Waals surface area contributed by atoms with E-state index in [0.29, 0.717) is 0 Å². The van der Waals surface area contributed by atoms with Gasteiger partial charge in [0.15, 0.2) is 5.13 Å². The molecule has 0 saturated heterocycles. The molecule has 0 amide bonds. The van der Waals surface area contributed by atoms with Crippen LogP contribution >= 0.6 is 22.9 Å². The zero-order valence-corrected chi connectivity index (χ0v) is 10.6. The van der Waals surface area contributed by atoms with Gasteiger partial charge in [0.05, 0.1) is 0 Å². The Morgan fingerprint density at radius 2 is 2.12 bits per heavy atom. The number of anilines is 1. The lowest BCUT2D eigenvalue weighted by molar-refractivity contribution is 0.976. The normalized spacial score (nSPS) is 10.4. The standard InChI is InChI=1S/C12H13ClN2S/c1-14-12-15-8-10(16-12)7-6-9-4-2-3-5-11(9)13/h2-5,8H,6-7H2,1H3,(H,14,15). The first-order valence-corrected chi connectivity index (χ1v) is 6.35. The monoisotopic (exact) mass is 252 g/mol. The Kier molecular flexibility index (Phi) is 3.80. The van der Waals surface area contributed by atoms with E-state index in [2.05, 4.69) is 16.4 Å². The van der Waals surface area contributed by atoms with Gasteiger partial charge in [-0.15, -0.1) is 11.3 Å². The quantitative estimate of drug-likeness (QED) is 0.899. The van der Waals surface area contributed by atoms with E-state index in [4.69, 9.17) is 11.6 Å². The Morgan fingerprint density at radius 3 is 2.81 bits per heavy atom. The number of benzene rings is 1. The molecule has 4 heteroatoms. The highest BCUT2D eigenvalue weighted by molar-refractivity contribution is 7.15. The maximum atomic E-state index is 6.10. The Bertz CT molecular complexity index is 468. The molecular formula is C12H13ClN2S. The average Bonchev–Trinajstić information content (AvgIpc) is 2.76. The van der Waals surface area contributed by atoms with Crippen LogP contribution in [0.1, 0.15) is 10.4 Å². The molecule has 2 nitrogen and oxygen atoms in total. The third-order valence-corrected chi connectivity index (χ3v) is 3.81. The van der Waals surface area contributed by atoms with Crippen LogP contribution in [-0.4, -0.2) is 12.0 Å².